The predicted octanol–water partition coefficient (Wildman–Crippen LogP) is 4.28. The summed E-state index contributed by atoms with van der Waals surface area (Å²) >= 11 is 0. The van der Waals surface area contributed by atoms with Gasteiger partial charge in [-0.3, -0.25) is 0 Å². The Labute approximate surface area is 172 Å². The molecule has 0 fully saturated rings. The van der Waals surface area contributed by atoms with Crippen LogP contribution >= 0.6 is 0 Å². The first-order valence-corrected chi connectivity index (χ1v) is 9.30. The molecule has 0 saturated carbocycles. The van der Waals surface area contributed by atoms with Crippen LogP contribution in [0.15, 0.2) is 63.6 Å². The van der Waals surface area contributed by atoms with E-state index in [9.17, 15) is 4.79 Å². The average molecular weight is 405 g/mol. The van der Waals surface area contributed by atoms with Crippen molar-refractivity contribution in [2.24, 2.45) is 0 Å². The molecule has 0 saturated heterocycles. The molecule has 4 rings (SSSR count). The van der Waals surface area contributed by atoms with E-state index in [1.54, 1.807) is 24.3 Å². The van der Waals surface area contributed by atoms with Crippen molar-refractivity contribution in [3.05, 3.63) is 83.1 Å². The Balaban J connectivity index is 1.41. The van der Waals surface area contributed by atoms with E-state index in [1.165, 1.54) is 0 Å². The van der Waals surface area contributed by atoms with Crippen LogP contribution in [0, 0.1) is 13.8 Å². The lowest BCUT2D eigenvalue weighted by atomic mass is 10.2. The van der Waals surface area contributed by atoms with Crippen LogP contribution in [0.2, 0.25) is 0 Å². The van der Waals surface area contributed by atoms with Crippen LogP contribution < -0.4 is 4.74 Å². The van der Waals surface area contributed by atoms with E-state index in [1.807, 2.05) is 44.2 Å². The first kappa shape index (κ1) is 19.4. The monoisotopic (exact) mass is 405 g/mol. The number of hydrogen-bond acceptors (Lipinski definition) is 8. The minimum absolute atomic E-state index is 0.142. The molecule has 8 heteroatoms. The molecule has 0 radical (unpaired) electrons. The van der Waals surface area contributed by atoms with E-state index in [0.29, 0.717) is 22.9 Å². The number of carbonyl (C=O) groups excluding carboxylic acids is 1. The van der Waals surface area contributed by atoms with E-state index in [4.69, 9.17) is 18.5 Å². The molecule has 4 aromatic rings. The Morgan fingerprint density at radius 1 is 0.933 bits per heavy atom. The molecular weight excluding hydrogens is 386 g/mol. The van der Waals surface area contributed by atoms with Gasteiger partial charge in [0.2, 0.25) is 5.82 Å². The number of para-hydroxylation sites is 1. The fourth-order valence-corrected chi connectivity index (χ4v) is 2.84. The van der Waals surface area contributed by atoms with Gasteiger partial charge in [0.15, 0.2) is 6.61 Å². The second-order valence-corrected chi connectivity index (χ2v) is 6.54. The third-order valence-electron chi connectivity index (χ3n) is 4.49. The fraction of sp³-hybridized carbons (Fsp3) is 0.182. The van der Waals surface area contributed by atoms with Gasteiger partial charge in [-0.25, -0.2) is 4.79 Å². The number of aromatic nitrogens is 3. The Morgan fingerprint density at radius 3 is 2.47 bits per heavy atom. The maximum absolute atomic E-state index is 12.6. The van der Waals surface area contributed by atoms with Crippen LogP contribution in [0.25, 0.3) is 11.4 Å². The largest absolute Gasteiger partial charge is 0.488 e. The Bertz CT molecular complexity index is 1130. The van der Waals surface area contributed by atoms with Crippen molar-refractivity contribution in [3.63, 3.8) is 0 Å². The number of aryl methyl sites for hydroxylation is 2. The Morgan fingerprint density at radius 2 is 1.70 bits per heavy atom. The summed E-state index contributed by atoms with van der Waals surface area (Å²) in [5.74, 6) is 1.17. The van der Waals surface area contributed by atoms with Crippen molar-refractivity contribution in [1.82, 2.24) is 15.3 Å². The minimum atomic E-state index is -0.552. The van der Waals surface area contributed by atoms with Gasteiger partial charge in [-0.15, -0.1) is 0 Å². The zero-order valence-electron chi connectivity index (χ0n) is 16.5. The molecule has 0 atom stereocenters. The van der Waals surface area contributed by atoms with Gasteiger partial charge in [0.1, 0.15) is 23.7 Å². The first-order chi connectivity index (χ1) is 14.6. The number of benzene rings is 2. The highest BCUT2D eigenvalue weighted by molar-refractivity contribution is 5.92. The van der Waals surface area contributed by atoms with Crippen molar-refractivity contribution >= 4 is 5.97 Å². The van der Waals surface area contributed by atoms with Crippen LogP contribution in [0.4, 0.5) is 0 Å². The normalized spacial score (nSPS) is 10.7. The molecule has 0 aliphatic heterocycles. The summed E-state index contributed by atoms with van der Waals surface area (Å²) in [6, 6.07) is 16.3. The highest BCUT2D eigenvalue weighted by atomic mass is 16.6. The molecular formula is C22H19N3O5. The summed E-state index contributed by atoms with van der Waals surface area (Å²) < 4.78 is 21.5. The third-order valence-corrected chi connectivity index (χ3v) is 4.49. The Hall–Kier alpha value is -3.94. The molecule has 2 aromatic carbocycles. The van der Waals surface area contributed by atoms with Crippen LogP contribution in [0.3, 0.4) is 0 Å². The lowest BCUT2D eigenvalue weighted by Gasteiger charge is -2.10. The minimum Gasteiger partial charge on any atom is -0.488 e. The standard InChI is InChI=1S/C22H19N3O5/c1-14-18(15(2)29-24-14)12-27-19-11-7-6-10-17(19)22(26)28-13-20-23-21(25-30-20)16-8-4-3-5-9-16/h3-11H,12-13H2,1-2H3. The van der Waals surface area contributed by atoms with Crippen LogP contribution in [-0.2, 0) is 18.0 Å². The van der Waals surface area contributed by atoms with Crippen molar-refractivity contribution in [2.75, 3.05) is 0 Å². The lowest BCUT2D eigenvalue weighted by Crippen LogP contribution is -2.08. The lowest BCUT2D eigenvalue weighted by molar-refractivity contribution is 0.0425. The molecule has 0 amide bonds. The second kappa shape index (κ2) is 8.60. The summed E-state index contributed by atoms with van der Waals surface area (Å²) in [5, 5.41) is 7.82. The fourth-order valence-electron chi connectivity index (χ4n) is 2.84. The zero-order chi connectivity index (χ0) is 20.9. The average Bonchev–Trinajstić information content (AvgIpc) is 3.38. The number of ether oxygens (including phenoxy) is 2. The van der Waals surface area contributed by atoms with Gasteiger partial charge < -0.3 is 18.5 Å². The molecule has 0 spiro atoms. The number of rotatable bonds is 7. The maximum Gasteiger partial charge on any atom is 0.342 e. The summed E-state index contributed by atoms with van der Waals surface area (Å²) in [7, 11) is 0. The van der Waals surface area contributed by atoms with Gasteiger partial charge in [0.25, 0.3) is 5.89 Å². The number of nitrogens with zero attached hydrogens (tertiary/aromatic N) is 3. The first-order valence-electron chi connectivity index (χ1n) is 9.30. The molecule has 2 heterocycles. The predicted molar refractivity (Wildman–Crippen MR) is 106 cm³/mol. The third kappa shape index (κ3) is 4.22. The molecule has 8 nitrogen and oxygen atoms in total. The highest BCUT2D eigenvalue weighted by Gasteiger charge is 2.17. The van der Waals surface area contributed by atoms with E-state index >= 15 is 0 Å². The molecule has 152 valence electrons. The molecule has 0 aliphatic rings. The van der Waals surface area contributed by atoms with Crippen molar-refractivity contribution < 1.29 is 23.3 Å². The summed E-state index contributed by atoms with van der Waals surface area (Å²) in [5.41, 5.74) is 2.71. The van der Waals surface area contributed by atoms with Gasteiger partial charge in [-0.1, -0.05) is 52.8 Å². The molecule has 2 aromatic heterocycles. The molecule has 0 bridgehead atoms. The van der Waals surface area contributed by atoms with Crippen molar-refractivity contribution in [2.45, 2.75) is 27.1 Å². The van der Waals surface area contributed by atoms with Gasteiger partial charge in [0, 0.05) is 5.56 Å². The summed E-state index contributed by atoms with van der Waals surface area (Å²) in [6.07, 6.45) is 0. The number of hydrogen-bond donors (Lipinski definition) is 0. The van der Waals surface area contributed by atoms with E-state index in [0.717, 1.165) is 16.8 Å². The van der Waals surface area contributed by atoms with Crippen molar-refractivity contribution in [3.8, 4) is 17.1 Å². The summed E-state index contributed by atoms with van der Waals surface area (Å²) in [4.78, 5) is 16.8. The van der Waals surface area contributed by atoms with Crippen LogP contribution in [0.1, 0.15) is 33.3 Å². The molecule has 30 heavy (non-hydrogen) atoms. The van der Waals surface area contributed by atoms with Crippen LogP contribution in [-0.4, -0.2) is 21.3 Å². The van der Waals surface area contributed by atoms with E-state index < -0.39 is 5.97 Å². The zero-order valence-corrected chi connectivity index (χ0v) is 16.5. The SMILES string of the molecule is Cc1noc(C)c1COc1ccccc1C(=O)OCc1nc(-c2ccccc2)no1. The topological polar surface area (TPSA) is 100 Å². The van der Waals surface area contributed by atoms with Crippen molar-refractivity contribution in [1.29, 1.82) is 0 Å². The van der Waals surface area contributed by atoms with Gasteiger partial charge in [0.05, 0.1) is 11.3 Å². The van der Waals surface area contributed by atoms with Gasteiger partial charge >= 0.3 is 5.97 Å². The quantitative estimate of drug-likeness (QED) is 0.420. The molecule has 0 aliphatic carbocycles. The van der Waals surface area contributed by atoms with Crippen LogP contribution in [0.5, 0.6) is 5.75 Å². The van der Waals surface area contributed by atoms with E-state index in [-0.39, 0.29) is 19.1 Å². The summed E-state index contributed by atoms with van der Waals surface area (Å²) in [6.45, 7) is 3.74. The number of esters is 1. The Kier molecular flexibility index (Phi) is 5.56. The molecule has 0 unspecified atom stereocenters. The second-order valence-electron chi connectivity index (χ2n) is 6.54. The maximum atomic E-state index is 12.6. The van der Waals surface area contributed by atoms with Gasteiger partial charge in [-0.2, -0.15) is 4.98 Å². The van der Waals surface area contributed by atoms with Gasteiger partial charge in [-0.05, 0) is 26.0 Å². The molecule has 0 N–H and O–H groups in total. The smallest absolute Gasteiger partial charge is 0.342 e. The number of carbonyl (C=O) groups is 1. The van der Waals surface area contributed by atoms with E-state index in [2.05, 4.69) is 15.3 Å². The highest BCUT2D eigenvalue weighted by Crippen LogP contribution is 2.23.